The maximum absolute atomic E-state index is 12.5. The molecule has 1 amide bonds. The molecule has 1 aliphatic heterocycles. The van der Waals surface area contributed by atoms with Gasteiger partial charge >= 0.3 is 6.09 Å². The van der Waals surface area contributed by atoms with Crippen molar-refractivity contribution in [2.24, 2.45) is 0 Å². The second-order valence-electron chi connectivity index (χ2n) is 6.84. The number of aromatic hydroxyl groups is 2. The smallest absolute Gasteiger partial charge is 0.435 e. The zero-order valence-electron chi connectivity index (χ0n) is 15.7. The van der Waals surface area contributed by atoms with Crippen LogP contribution < -0.4 is 9.74 Å². The normalized spacial score (nSPS) is 14.2. The number of hydrogen-bond donors (Lipinski definition) is 2. The predicted octanol–water partition coefficient (Wildman–Crippen LogP) is 3.35. The third kappa shape index (κ3) is 4.67. The van der Waals surface area contributed by atoms with E-state index in [2.05, 4.69) is 17.0 Å². The molecule has 0 atom stereocenters. The lowest BCUT2D eigenvalue weighted by Crippen LogP contribution is -2.37. The van der Waals surface area contributed by atoms with Crippen molar-refractivity contribution in [3.8, 4) is 11.8 Å². The minimum absolute atomic E-state index is 0.330. The molecular weight excluding hydrogens is 346 g/mol. The van der Waals surface area contributed by atoms with Crippen LogP contribution in [0.3, 0.4) is 0 Å². The van der Waals surface area contributed by atoms with Crippen LogP contribution in [0.5, 0.6) is 11.8 Å². The van der Waals surface area contributed by atoms with Crippen molar-refractivity contribution in [2.45, 2.75) is 39.2 Å². The number of nitrogens with zero attached hydrogens (tertiary/aromatic N) is 3. The first-order valence-corrected chi connectivity index (χ1v) is 9.49. The molecule has 1 aliphatic rings. The highest BCUT2D eigenvalue weighted by atomic mass is 16.7. The lowest BCUT2D eigenvalue weighted by atomic mass is 10.1. The zero-order valence-corrected chi connectivity index (χ0v) is 15.7. The number of rotatable bonds is 6. The van der Waals surface area contributed by atoms with Crippen LogP contribution >= 0.6 is 0 Å². The average Bonchev–Trinajstić information content (AvgIpc) is 3.01. The van der Waals surface area contributed by atoms with Gasteiger partial charge in [-0.25, -0.2) is 4.79 Å². The summed E-state index contributed by atoms with van der Waals surface area (Å²) >= 11 is 0. The summed E-state index contributed by atoms with van der Waals surface area (Å²) in [5.74, 6) is -0.661. The molecule has 0 aliphatic carbocycles. The molecule has 27 heavy (non-hydrogen) atoms. The van der Waals surface area contributed by atoms with Gasteiger partial charge in [0.1, 0.15) is 0 Å². The Kier molecular flexibility index (Phi) is 6.11. The molecule has 146 valence electrons. The fraction of sp³-hybridized carbons (Fsp3) is 0.450. The SMILES string of the molecule is CCCN(Cc1ccc(N2CCCCC2)cc1)C(=O)On1c(O)ccc1O. The third-order valence-corrected chi connectivity index (χ3v) is 4.75. The van der Waals surface area contributed by atoms with Crippen LogP contribution in [-0.4, -0.2) is 45.6 Å². The fourth-order valence-corrected chi connectivity index (χ4v) is 3.32. The largest absolute Gasteiger partial charge is 0.492 e. The van der Waals surface area contributed by atoms with Gasteiger partial charge in [0.15, 0.2) is 0 Å². The second kappa shape index (κ2) is 8.70. The number of amides is 1. The fourth-order valence-electron chi connectivity index (χ4n) is 3.32. The molecule has 1 aromatic heterocycles. The Morgan fingerprint density at radius 3 is 2.26 bits per heavy atom. The first kappa shape index (κ1) is 18.9. The van der Waals surface area contributed by atoms with E-state index in [-0.39, 0.29) is 11.8 Å². The molecule has 1 aromatic carbocycles. The van der Waals surface area contributed by atoms with E-state index in [0.717, 1.165) is 25.1 Å². The van der Waals surface area contributed by atoms with Crippen LogP contribution in [0, 0.1) is 0 Å². The molecule has 0 unspecified atom stereocenters. The van der Waals surface area contributed by atoms with Crippen LogP contribution in [0.2, 0.25) is 0 Å². The third-order valence-electron chi connectivity index (χ3n) is 4.75. The molecule has 7 heteroatoms. The second-order valence-corrected chi connectivity index (χ2v) is 6.84. The quantitative estimate of drug-likeness (QED) is 0.812. The lowest BCUT2D eigenvalue weighted by molar-refractivity contribution is 0.0724. The summed E-state index contributed by atoms with van der Waals surface area (Å²) in [5.41, 5.74) is 2.22. The van der Waals surface area contributed by atoms with Gasteiger partial charge in [0.25, 0.3) is 0 Å². The first-order chi connectivity index (χ1) is 13.1. The molecule has 0 bridgehead atoms. The standard InChI is InChI=1S/C20H27N3O4/c1-2-12-22(20(26)27-23-18(24)10-11-19(23)25)15-16-6-8-17(9-7-16)21-13-4-3-5-14-21/h6-11,24-25H,2-5,12-15H2,1H3. The van der Waals surface area contributed by atoms with Crippen molar-refractivity contribution < 1.29 is 19.8 Å². The molecule has 1 saturated heterocycles. The Morgan fingerprint density at radius 1 is 1.04 bits per heavy atom. The van der Waals surface area contributed by atoms with Crippen molar-refractivity contribution in [2.75, 3.05) is 24.5 Å². The topological polar surface area (TPSA) is 78.2 Å². The number of hydrogen-bond acceptors (Lipinski definition) is 5. The van der Waals surface area contributed by atoms with Gasteiger partial charge in [-0.15, -0.1) is 4.73 Å². The van der Waals surface area contributed by atoms with Gasteiger partial charge in [-0.1, -0.05) is 19.1 Å². The molecule has 3 rings (SSSR count). The first-order valence-electron chi connectivity index (χ1n) is 9.49. The Hall–Kier alpha value is -2.83. The molecule has 0 spiro atoms. The molecule has 7 nitrogen and oxygen atoms in total. The molecule has 2 aromatic rings. The van der Waals surface area contributed by atoms with Gasteiger partial charge in [-0.3, -0.25) is 0 Å². The van der Waals surface area contributed by atoms with Crippen molar-refractivity contribution in [3.05, 3.63) is 42.0 Å². The Bertz CT molecular complexity index is 732. The van der Waals surface area contributed by atoms with Gasteiger partial charge in [-0.2, -0.15) is 0 Å². The van der Waals surface area contributed by atoms with E-state index in [0.29, 0.717) is 17.8 Å². The zero-order chi connectivity index (χ0) is 19.2. The average molecular weight is 373 g/mol. The van der Waals surface area contributed by atoms with Crippen molar-refractivity contribution >= 4 is 11.8 Å². The van der Waals surface area contributed by atoms with Crippen molar-refractivity contribution in [3.63, 3.8) is 0 Å². The Labute approximate surface area is 159 Å². The maximum atomic E-state index is 12.5. The highest BCUT2D eigenvalue weighted by molar-refractivity contribution is 5.68. The number of aromatic nitrogens is 1. The van der Waals surface area contributed by atoms with Gasteiger partial charge in [0, 0.05) is 44.0 Å². The number of anilines is 1. The minimum Gasteiger partial charge on any atom is -0.492 e. The van der Waals surface area contributed by atoms with E-state index in [1.54, 1.807) is 4.90 Å². The van der Waals surface area contributed by atoms with E-state index >= 15 is 0 Å². The van der Waals surface area contributed by atoms with E-state index in [1.165, 1.54) is 37.1 Å². The van der Waals surface area contributed by atoms with Gasteiger partial charge < -0.3 is 24.9 Å². The lowest BCUT2D eigenvalue weighted by Gasteiger charge is -2.29. The summed E-state index contributed by atoms with van der Waals surface area (Å²) in [7, 11) is 0. The van der Waals surface area contributed by atoms with Crippen LogP contribution in [0.4, 0.5) is 10.5 Å². The summed E-state index contributed by atoms with van der Waals surface area (Å²) < 4.78 is 0.713. The molecule has 2 N–H and O–H groups in total. The van der Waals surface area contributed by atoms with Crippen LogP contribution in [0.25, 0.3) is 0 Å². The maximum Gasteiger partial charge on any atom is 0.435 e. The molecule has 0 radical (unpaired) electrons. The predicted molar refractivity (Wildman–Crippen MR) is 103 cm³/mol. The van der Waals surface area contributed by atoms with Crippen LogP contribution in [0.1, 0.15) is 38.2 Å². The van der Waals surface area contributed by atoms with Crippen LogP contribution in [-0.2, 0) is 6.54 Å². The highest BCUT2D eigenvalue weighted by Gasteiger charge is 2.19. The molecule has 2 heterocycles. The van der Waals surface area contributed by atoms with Crippen LogP contribution in [0.15, 0.2) is 36.4 Å². The number of carbonyl (C=O) groups is 1. The van der Waals surface area contributed by atoms with E-state index in [9.17, 15) is 15.0 Å². The van der Waals surface area contributed by atoms with E-state index in [4.69, 9.17) is 4.84 Å². The number of benzene rings is 1. The summed E-state index contributed by atoms with van der Waals surface area (Å²) in [6.45, 7) is 5.07. The minimum atomic E-state index is -0.626. The summed E-state index contributed by atoms with van der Waals surface area (Å²) in [5, 5.41) is 19.3. The summed E-state index contributed by atoms with van der Waals surface area (Å²) in [6.07, 6.45) is 3.91. The van der Waals surface area contributed by atoms with Gasteiger partial charge in [0.2, 0.25) is 11.8 Å². The van der Waals surface area contributed by atoms with Crippen molar-refractivity contribution in [1.82, 2.24) is 9.63 Å². The molecule has 0 saturated carbocycles. The van der Waals surface area contributed by atoms with Crippen molar-refractivity contribution in [1.29, 1.82) is 0 Å². The number of carbonyl (C=O) groups excluding carboxylic acids is 1. The number of piperidine rings is 1. The highest BCUT2D eigenvalue weighted by Crippen LogP contribution is 2.22. The Morgan fingerprint density at radius 2 is 1.67 bits per heavy atom. The van der Waals surface area contributed by atoms with E-state index < -0.39 is 6.09 Å². The Balaban J connectivity index is 1.65. The molecular formula is C20H27N3O4. The summed E-state index contributed by atoms with van der Waals surface area (Å²) in [6, 6.07) is 10.8. The monoisotopic (exact) mass is 373 g/mol. The van der Waals surface area contributed by atoms with Gasteiger partial charge in [-0.05, 0) is 43.4 Å². The molecule has 1 fully saturated rings. The summed E-state index contributed by atoms with van der Waals surface area (Å²) in [4.78, 5) is 21.5. The van der Waals surface area contributed by atoms with E-state index in [1.807, 2.05) is 19.1 Å². The van der Waals surface area contributed by atoms with Gasteiger partial charge in [0.05, 0.1) is 0 Å².